The Labute approximate surface area is 123 Å². The zero-order valence-electron chi connectivity index (χ0n) is 12.4. The summed E-state index contributed by atoms with van der Waals surface area (Å²) in [6, 6.07) is 0. The van der Waals surface area contributed by atoms with Gasteiger partial charge in [-0.25, -0.2) is 5.48 Å². The van der Waals surface area contributed by atoms with Gasteiger partial charge in [0, 0.05) is 23.3 Å². The first-order chi connectivity index (χ1) is 9.17. The summed E-state index contributed by atoms with van der Waals surface area (Å²) in [7, 11) is 0. The van der Waals surface area contributed by atoms with Crippen molar-refractivity contribution in [1.29, 1.82) is 0 Å². The van der Waals surface area contributed by atoms with Crippen LogP contribution in [0.4, 0.5) is 0 Å². The van der Waals surface area contributed by atoms with Crippen molar-refractivity contribution in [3.05, 3.63) is 11.0 Å². The molecule has 0 aromatic carbocycles. The molecule has 0 bridgehead atoms. The SMILES string of the molecule is CC(C)(C)C(=O)N1CCC2C=C(C(=O)NO)SC2(C)C1. The third-order valence-corrected chi connectivity index (χ3v) is 5.39. The number of carbonyl (C=O) groups is 2. The van der Waals surface area contributed by atoms with E-state index in [9.17, 15) is 9.59 Å². The third kappa shape index (κ3) is 2.72. The van der Waals surface area contributed by atoms with Crippen molar-refractivity contribution in [1.82, 2.24) is 10.4 Å². The zero-order valence-corrected chi connectivity index (χ0v) is 13.2. The second kappa shape index (κ2) is 5.07. The molecule has 2 N–H and O–H groups in total. The van der Waals surface area contributed by atoms with E-state index in [4.69, 9.17) is 5.21 Å². The van der Waals surface area contributed by atoms with Gasteiger partial charge in [-0.05, 0) is 19.3 Å². The number of amides is 2. The molecule has 0 spiro atoms. The number of fused-ring (bicyclic) bond motifs is 1. The monoisotopic (exact) mass is 298 g/mol. The third-order valence-electron chi connectivity index (χ3n) is 3.95. The lowest BCUT2D eigenvalue weighted by molar-refractivity contribution is -0.141. The first-order valence-electron chi connectivity index (χ1n) is 6.82. The number of piperidine rings is 1. The first kappa shape index (κ1) is 15.4. The maximum absolute atomic E-state index is 12.4. The molecular formula is C14H22N2O3S. The predicted molar refractivity (Wildman–Crippen MR) is 78.2 cm³/mol. The van der Waals surface area contributed by atoms with Crippen molar-refractivity contribution >= 4 is 23.6 Å². The normalized spacial score (nSPS) is 29.8. The van der Waals surface area contributed by atoms with Gasteiger partial charge in [-0.1, -0.05) is 26.8 Å². The van der Waals surface area contributed by atoms with Crippen LogP contribution in [0, 0.1) is 11.3 Å². The van der Waals surface area contributed by atoms with Crippen molar-refractivity contribution in [2.24, 2.45) is 11.3 Å². The summed E-state index contributed by atoms with van der Waals surface area (Å²) in [4.78, 5) is 26.4. The highest BCUT2D eigenvalue weighted by Gasteiger charge is 2.47. The topological polar surface area (TPSA) is 69.6 Å². The van der Waals surface area contributed by atoms with Gasteiger partial charge in [0.15, 0.2) is 0 Å². The molecule has 2 aliphatic heterocycles. The molecule has 1 fully saturated rings. The number of thioether (sulfide) groups is 1. The Morgan fingerprint density at radius 3 is 2.70 bits per heavy atom. The van der Waals surface area contributed by atoms with Gasteiger partial charge in [-0.3, -0.25) is 14.8 Å². The van der Waals surface area contributed by atoms with Crippen molar-refractivity contribution < 1.29 is 14.8 Å². The minimum Gasteiger partial charge on any atom is -0.341 e. The van der Waals surface area contributed by atoms with E-state index < -0.39 is 5.91 Å². The fourth-order valence-electron chi connectivity index (χ4n) is 2.84. The predicted octanol–water partition coefficient (Wildman–Crippen LogP) is 1.78. The van der Waals surface area contributed by atoms with E-state index in [2.05, 4.69) is 6.92 Å². The molecule has 1 saturated heterocycles. The van der Waals surface area contributed by atoms with E-state index in [1.807, 2.05) is 31.7 Å². The summed E-state index contributed by atoms with van der Waals surface area (Å²) in [5.74, 6) is -0.0408. The number of nitrogens with zero attached hydrogens (tertiary/aromatic N) is 1. The van der Waals surface area contributed by atoms with Gasteiger partial charge in [-0.15, -0.1) is 11.8 Å². The highest BCUT2D eigenvalue weighted by atomic mass is 32.2. The maximum atomic E-state index is 12.4. The van der Waals surface area contributed by atoms with Crippen LogP contribution in [0.1, 0.15) is 34.1 Å². The van der Waals surface area contributed by atoms with E-state index in [1.165, 1.54) is 11.8 Å². The summed E-state index contributed by atoms with van der Waals surface area (Å²) in [6.07, 6.45) is 2.78. The van der Waals surface area contributed by atoms with Crippen LogP contribution in [0.3, 0.4) is 0 Å². The molecule has 0 saturated carbocycles. The van der Waals surface area contributed by atoms with E-state index >= 15 is 0 Å². The molecule has 0 aromatic heterocycles. The lowest BCUT2D eigenvalue weighted by atomic mass is 9.84. The molecule has 0 aromatic rings. The summed E-state index contributed by atoms with van der Waals surface area (Å²) >= 11 is 1.46. The van der Waals surface area contributed by atoms with Gasteiger partial charge in [0.25, 0.3) is 5.91 Å². The minimum absolute atomic E-state index is 0.151. The van der Waals surface area contributed by atoms with E-state index in [1.54, 1.807) is 5.48 Å². The highest BCUT2D eigenvalue weighted by molar-refractivity contribution is 8.05. The van der Waals surface area contributed by atoms with Gasteiger partial charge in [0.2, 0.25) is 5.91 Å². The average Bonchev–Trinajstić information content (AvgIpc) is 2.71. The van der Waals surface area contributed by atoms with Gasteiger partial charge >= 0.3 is 0 Å². The minimum atomic E-state index is -0.459. The molecule has 6 heteroatoms. The van der Waals surface area contributed by atoms with Crippen LogP contribution in [0.2, 0.25) is 0 Å². The Hall–Kier alpha value is -1.01. The van der Waals surface area contributed by atoms with Crippen molar-refractivity contribution in [2.45, 2.75) is 38.9 Å². The summed E-state index contributed by atoms with van der Waals surface area (Å²) in [5, 5.41) is 8.74. The Bertz CT molecular complexity index is 470. The van der Waals surface area contributed by atoms with E-state index in [-0.39, 0.29) is 22.0 Å². The smallest absolute Gasteiger partial charge is 0.280 e. The number of likely N-dealkylation sites (tertiary alicyclic amines) is 1. The second-order valence-electron chi connectivity index (χ2n) is 6.76. The quantitative estimate of drug-likeness (QED) is 0.572. The average molecular weight is 298 g/mol. The van der Waals surface area contributed by atoms with Crippen LogP contribution in [0.5, 0.6) is 0 Å². The molecule has 5 nitrogen and oxygen atoms in total. The van der Waals surface area contributed by atoms with Crippen LogP contribution in [-0.2, 0) is 9.59 Å². The number of hydrogen-bond donors (Lipinski definition) is 2. The van der Waals surface area contributed by atoms with E-state index in [0.29, 0.717) is 11.4 Å². The lowest BCUT2D eigenvalue weighted by Gasteiger charge is -2.43. The first-order valence-corrected chi connectivity index (χ1v) is 7.64. The molecule has 20 heavy (non-hydrogen) atoms. The molecule has 0 radical (unpaired) electrons. The van der Waals surface area contributed by atoms with Gasteiger partial charge in [-0.2, -0.15) is 0 Å². The Kier molecular flexibility index (Phi) is 3.90. The number of hydrogen-bond acceptors (Lipinski definition) is 4. The molecule has 2 rings (SSSR count). The molecule has 112 valence electrons. The maximum Gasteiger partial charge on any atom is 0.280 e. The number of hydroxylamine groups is 1. The molecule has 2 unspecified atom stereocenters. The van der Waals surface area contributed by atoms with Crippen molar-refractivity contribution in [2.75, 3.05) is 13.1 Å². The zero-order chi connectivity index (χ0) is 15.1. The summed E-state index contributed by atoms with van der Waals surface area (Å²) < 4.78 is -0.180. The van der Waals surface area contributed by atoms with Gasteiger partial charge < -0.3 is 4.90 Å². The van der Waals surface area contributed by atoms with Gasteiger partial charge in [0.05, 0.1) is 4.91 Å². The van der Waals surface area contributed by atoms with Gasteiger partial charge in [0.1, 0.15) is 0 Å². The Morgan fingerprint density at radius 1 is 1.50 bits per heavy atom. The highest BCUT2D eigenvalue weighted by Crippen LogP contribution is 2.50. The second-order valence-corrected chi connectivity index (χ2v) is 8.34. The molecule has 2 amide bonds. The molecule has 2 aliphatic rings. The number of allylic oxidation sites excluding steroid dienone is 1. The standard InChI is InChI=1S/C14H22N2O3S/c1-13(2,3)12(18)16-6-5-9-7-10(11(17)15-19)20-14(9,4)8-16/h7,9,19H,5-6,8H2,1-4H3,(H,15,17). The fourth-order valence-corrected chi connectivity index (χ4v) is 4.27. The Balaban J connectivity index is 2.12. The van der Waals surface area contributed by atoms with Crippen molar-refractivity contribution in [3.8, 4) is 0 Å². The Morgan fingerprint density at radius 2 is 2.15 bits per heavy atom. The van der Waals surface area contributed by atoms with E-state index in [0.717, 1.165) is 13.0 Å². The fraction of sp³-hybridized carbons (Fsp3) is 0.714. The molecule has 2 atom stereocenters. The number of carbonyl (C=O) groups excluding carboxylic acids is 2. The van der Waals surface area contributed by atoms with Crippen LogP contribution in [0.15, 0.2) is 11.0 Å². The largest absolute Gasteiger partial charge is 0.341 e. The molecule has 2 heterocycles. The summed E-state index contributed by atoms with van der Waals surface area (Å²) in [6.45, 7) is 9.22. The number of nitrogens with one attached hydrogen (secondary N) is 1. The van der Waals surface area contributed by atoms with Crippen LogP contribution < -0.4 is 5.48 Å². The van der Waals surface area contributed by atoms with Crippen LogP contribution in [0.25, 0.3) is 0 Å². The molecule has 0 aliphatic carbocycles. The molecular weight excluding hydrogens is 276 g/mol. The van der Waals surface area contributed by atoms with Crippen LogP contribution in [-0.4, -0.2) is 39.8 Å². The summed E-state index contributed by atoms with van der Waals surface area (Å²) in [5.41, 5.74) is 1.30. The van der Waals surface area contributed by atoms with Crippen molar-refractivity contribution in [3.63, 3.8) is 0 Å². The lowest BCUT2D eigenvalue weighted by Crippen LogP contribution is -2.53. The number of rotatable bonds is 1. The van der Waals surface area contributed by atoms with Crippen LogP contribution >= 0.6 is 11.8 Å².